The molecule has 1 aromatic heterocycles. The van der Waals surface area contributed by atoms with Gasteiger partial charge in [-0.3, -0.25) is 0 Å². The van der Waals surface area contributed by atoms with Crippen LogP contribution in [-0.4, -0.2) is 14.8 Å². The van der Waals surface area contributed by atoms with Gasteiger partial charge in [0.1, 0.15) is 12.7 Å². The molecule has 0 radical (unpaired) electrons. The molecular formula is C10H17N3. The first-order valence-electron chi connectivity index (χ1n) is 4.96. The number of rotatable bonds is 1. The molecule has 1 atom stereocenters. The maximum Gasteiger partial charge on any atom is 0.119 e. The lowest BCUT2D eigenvalue weighted by Crippen LogP contribution is -2.07. The van der Waals surface area contributed by atoms with E-state index < -0.39 is 0 Å². The van der Waals surface area contributed by atoms with Crippen molar-refractivity contribution in [1.82, 2.24) is 14.8 Å². The summed E-state index contributed by atoms with van der Waals surface area (Å²) in [5, 5.41) is 7.57. The summed E-state index contributed by atoms with van der Waals surface area (Å²) in [4.78, 5) is 0. The zero-order valence-electron chi connectivity index (χ0n) is 8.35. The third-order valence-electron chi connectivity index (χ3n) is 2.10. The Morgan fingerprint density at radius 3 is 2.38 bits per heavy atom. The quantitative estimate of drug-likeness (QED) is 0.620. The van der Waals surface area contributed by atoms with E-state index in [1.54, 1.807) is 12.7 Å². The van der Waals surface area contributed by atoms with E-state index in [1.807, 2.05) is 13.8 Å². The second-order valence-corrected chi connectivity index (χ2v) is 2.85. The van der Waals surface area contributed by atoms with Crippen molar-refractivity contribution in [3.63, 3.8) is 0 Å². The lowest BCUT2D eigenvalue weighted by atomic mass is 10.0. The van der Waals surface area contributed by atoms with Crippen LogP contribution in [-0.2, 0) is 0 Å². The number of hydrogen-bond donors (Lipinski definition) is 0. The molecule has 2 rings (SSSR count). The molecule has 0 amide bonds. The first-order valence-corrected chi connectivity index (χ1v) is 4.96. The highest BCUT2D eigenvalue weighted by Gasteiger charge is 2.10. The standard InChI is InChI=1S/C8H11N3.C2H6/c1-2-4-8(5-3-1)11-6-9-10-7-11;1-2/h1-2,6-8H,3-5H2;1-2H3. The van der Waals surface area contributed by atoms with Gasteiger partial charge in [-0.15, -0.1) is 10.2 Å². The molecule has 3 heteroatoms. The fourth-order valence-corrected chi connectivity index (χ4v) is 1.45. The van der Waals surface area contributed by atoms with Crippen molar-refractivity contribution in [3.05, 3.63) is 24.8 Å². The molecule has 0 spiro atoms. The summed E-state index contributed by atoms with van der Waals surface area (Å²) in [5.74, 6) is 0. The lowest BCUT2D eigenvalue weighted by molar-refractivity contribution is 0.459. The van der Waals surface area contributed by atoms with E-state index in [4.69, 9.17) is 0 Å². The van der Waals surface area contributed by atoms with Crippen LogP contribution in [0.4, 0.5) is 0 Å². The van der Waals surface area contributed by atoms with Crippen LogP contribution in [0.2, 0.25) is 0 Å². The summed E-state index contributed by atoms with van der Waals surface area (Å²) in [6, 6.07) is 0.593. The van der Waals surface area contributed by atoms with Crippen molar-refractivity contribution in [2.24, 2.45) is 0 Å². The Balaban J connectivity index is 0.000000396. The lowest BCUT2D eigenvalue weighted by Gasteiger charge is -2.17. The predicted molar refractivity (Wildman–Crippen MR) is 53.4 cm³/mol. The predicted octanol–water partition coefficient (Wildman–Crippen LogP) is 2.59. The maximum atomic E-state index is 3.79. The van der Waals surface area contributed by atoms with Gasteiger partial charge in [0.2, 0.25) is 0 Å². The highest BCUT2D eigenvalue weighted by molar-refractivity contribution is 4.92. The minimum absolute atomic E-state index is 0.593. The highest BCUT2D eigenvalue weighted by atomic mass is 15.2. The first-order chi connectivity index (χ1) is 6.47. The van der Waals surface area contributed by atoms with E-state index in [-0.39, 0.29) is 0 Å². The summed E-state index contributed by atoms with van der Waals surface area (Å²) in [7, 11) is 0. The molecule has 3 nitrogen and oxygen atoms in total. The Morgan fingerprint density at radius 2 is 1.85 bits per heavy atom. The van der Waals surface area contributed by atoms with Crippen molar-refractivity contribution in [3.8, 4) is 0 Å². The average Bonchev–Trinajstić information content (AvgIpc) is 2.75. The largest absolute Gasteiger partial charge is 0.317 e. The second-order valence-electron chi connectivity index (χ2n) is 2.85. The Labute approximate surface area is 79.5 Å². The smallest absolute Gasteiger partial charge is 0.119 e. The summed E-state index contributed by atoms with van der Waals surface area (Å²) in [6.07, 6.45) is 11.6. The Morgan fingerprint density at radius 1 is 1.15 bits per heavy atom. The fourth-order valence-electron chi connectivity index (χ4n) is 1.45. The fraction of sp³-hybridized carbons (Fsp3) is 0.600. The van der Waals surface area contributed by atoms with Crippen LogP contribution in [0.3, 0.4) is 0 Å². The van der Waals surface area contributed by atoms with Crippen molar-refractivity contribution >= 4 is 0 Å². The third-order valence-corrected chi connectivity index (χ3v) is 2.10. The molecule has 0 aliphatic heterocycles. The minimum atomic E-state index is 0.593. The van der Waals surface area contributed by atoms with E-state index >= 15 is 0 Å². The van der Waals surface area contributed by atoms with Crippen LogP contribution < -0.4 is 0 Å². The van der Waals surface area contributed by atoms with E-state index in [9.17, 15) is 0 Å². The Bertz CT molecular complexity index is 239. The van der Waals surface area contributed by atoms with Crippen LogP contribution in [0.1, 0.15) is 39.2 Å². The molecule has 1 aliphatic carbocycles. The van der Waals surface area contributed by atoms with Crippen molar-refractivity contribution in [1.29, 1.82) is 0 Å². The van der Waals surface area contributed by atoms with Gasteiger partial charge in [-0.2, -0.15) is 0 Å². The van der Waals surface area contributed by atoms with Crippen LogP contribution in [0.15, 0.2) is 24.8 Å². The monoisotopic (exact) mass is 179 g/mol. The summed E-state index contributed by atoms with van der Waals surface area (Å²) in [6.45, 7) is 4.00. The molecule has 1 unspecified atom stereocenters. The molecule has 0 saturated carbocycles. The van der Waals surface area contributed by atoms with Gasteiger partial charge in [0.15, 0.2) is 0 Å². The Hall–Kier alpha value is -1.12. The zero-order valence-corrected chi connectivity index (χ0v) is 8.35. The second kappa shape index (κ2) is 5.51. The van der Waals surface area contributed by atoms with E-state index in [1.165, 1.54) is 12.8 Å². The van der Waals surface area contributed by atoms with Crippen LogP contribution in [0.5, 0.6) is 0 Å². The molecule has 1 heterocycles. The van der Waals surface area contributed by atoms with Gasteiger partial charge in [0.25, 0.3) is 0 Å². The Kier molecular flexibility index (Phi) is 4.23. The van der Waals surface area contributed by atoms with Crippen LogP contribution >= 0.6 is 0 Å². The molecule has 13 heavy (non-hydrogen) atoms. The molecule has 0 aromatic carbocycles. The third kappa shape index (κ3) is 2.68. The van der Waals surface area contributed by atoms with Gasteiger partial charge in [0, 0.05) is 6.04 Å². The maximum absolute atomic E-state index is 3.79. The molecule has 1 aromatic rings. The average molecular weight is 179 g/mol. The molecule has 0 bridgehead atoms. The number of allylic oxidation sites excluding steroid dienone is 2. The van der Waals surface area contributed by atoms with Crippen molar-refractivity contribution in [2.45, 2.75) is 39.2 Å². The topological polar surface area (TPSA) is 30.7 Å². The summed E-state index contributed by atoms with van der Waals surface area (Å²) in [5.41, 5.74) is 0. The molecule has 0 saturated heterocycles. The van der Waals surface area contributed by atoms with Gasteiger partial charge < -0.3 is 4.57 Å². The number of aromatic nitrogens is 3. The zero-order chi connectivity index (χ0) is 9.52. The number of nitrogens with zero attached hydrogens (tertiary/aromatic N) is 3. The van der Waals surface area contributed by atoms with Crippen LogP contribution in [0, 0.1) is 0 Å². The van der Waals surface area contributed by atoms with Crippen molar-refractivity contribution < 1.29 is 0 Å². The van der Waals surface area contributed by atoms with Gasteiger partial charge in [-0.25, -0.2) is 0 Å². The molecule has 0 N–H and O–H groups in total. The van der Waals surface area contributed by atoms with E-state index in [0.717, 1.165) is 6.42 Å². The van der Waals surface area contributed by atoms with Gasteiger partial charge in [0.05, 0.1) is 0 Å². The van der Waals surface area contributed by atoms with Crippen molar-refractivity contribution in [2.75, 3.05) is 0 Å². The molecule has 72 valence electrons. The van der Waals surface area contributed by atoms with Gasteiger partial charge in [-0.1, -0.05) is 26.0 Å². The first kappa shape index (κ1) is 9.96. The SMILES string of the molecule is C1=CCC(n2cnnc2)CC1.CC. The van der Waals surface area contributed by atoms with Gasteiger partial charge >= 0.3 is 0 Å². The normalized spacial score (nSPS) is 20.6. The molecule has 0 fully saturated rings. The molecular weight excluding hydrogens is 162 g/mol. The number of hydrogen-bond acceptors (Lipinski definition) is 2. The van der Waals surface area contributed by atoms with E-state index in [0.29, 0.717) is 6.04 Å². The minimum Gasteiger partial charge on any atom is -0.317 e. The summed E-state index contributed by atoms with van der Waals surface area (Å²) >= 11 is 0. The summed E-state index contributed by atoms with van der Waals surface area (Å²) < 4.78 is 2.09. The van der Waals surface area contributed by atoms with Crippen LogP contribution in [0.25, 0.3) is 0 Å². The highest BCUT2D eigenvalue weighted by Crippen LogP contribution is 2.22. The van der Waals surface area contributed by atoms with E-state index in [2.05, 4.69) is 26.9 Å². The molecule has 1 aliphatic rings. The van der Waals surface area contributed by atoms with Gasteiger partial charge in [-0.05, 0) is 19.3 Å².